The van der Waals surface area contributed by atoms with Gasteiger partial charge in [-0.2, -0.15) is 0 Å². The van der Waals surface area contributed by atoms with Gasteiger partial charge in [0.25, 0.3) is 0 Å². The summed E-state index contributed by atoms with van der Waals surface area (Å²) in [5.41, 5.74) is 2.32. The quantitative estimate of drug-likeness (QED) is 0.680. The Labute approximate surface area is 165 Å². The smallest absolute Gasteiger partial charge is 0.240 e. The minimum absolute atomic E-state index is 0.0134. The zero-order valence-electron chi connectivity index (χ0n) is 15.9. The first-order valence-electron chi connectivity index (χ1n) is 9.24. The molecule has 1 fully saturated rings. The number of nitrogens with zero attached hydrogens (tertiary/aromatic N) is 1. The molecule has 0 radical (unpaired) electrons. The highest BCUT2D eigenvalue weighted by Gasteiger charge is 2.16. The summed E-state index contributed by atoms with van der Waals surface area (Å²) in [5, 5.41) is 0. The zero-order valence-corrected chi connectivity index (χ0v) is 16.7. The molecule has 2 aromatic carbocycles. The summed E-state index contributed by atoms with van der Waals surface area (Å²) >= 11 is 0. The van der Waals surface area contributed by atoms with Gasteiger partial charge in [0, 0.05) is 25.3 Å². The summed E-state index contributed by atoms with van der Waals surface area (Å²) in [7, 11) is -2.42. The van der Waals surface area contributed by atoms with Crippen molar-refractivity contribution in [2.24, 2.45) is 0 Å². The van der Waals surface area contributed by atoms with E-state index in [0.717, 1.165) is 44.4 Å². The van der Waals surface area contributed by atoms with Crippen molar-refractivity contribution in [2.75, 3.05) is 44.9 Å². The standard InChI is InChI=1S/C20H25FN2O4S/c1-26-20-9-8-18(15-19(20)21)28(24,25)22-10-2-3-16-4-6-17(7-5-16)23-11-13-27-14-12-23/h4-9,15,22H,2-3,10-14H2,1H3. The first kappa shape index (κ1) is 20.6. The number of hydrogen-bond donors (Lipinski definition) is 1. The molecule has 0 aliphatic carbocycles. The van der Waals surface area contributed by atoms with Crippen molar-refractivity contribution in [2.45, 2.75) is 17.7 Å². The van der Waals surface area contributed by atoms with E-state index in [4.69, 9.17) is 9.47 Å². The third kappa shape index (κ3) is 5.21. The van der Waals surface area contributed by atoms with Gasteiger partial charge in [-0.05, 0) is 48.7 Å². The number of nitrogens with one attached hydrogen (secondary N) is 1. The summed E-state index contributed by atoms with van der Waals surface area (Å²) in [6.45, 7) is 3.57. The minimum Gasteiger partial charge on any atom is -0.494 e. The van der Waals surface area contributed by atoms with Crippen LogP contribution in [0.2, 0.25) is 0 Å². The van der Waals surface area contributed by atoms with Crippen LogP contribution in [-0.2, 0) is 21.2 Å². The number of anilines is 1. The Kier molecular flexibility index (Phi) is 6.88. The summed E-state index contributed by atoms with van der Waals surface area (Å²) in [4.78, 5) is 2.18. The van der Waals surface area contributed by atoms with Crippen LogP contribution < -0.4 is 14.4 Å². The lowest BCUT2D eigenvalue weighted by molar-refractivity contribution is 0.122. The molecule has 6 nitrogen and oxygen atoms in total. The van der Waals surface area contributed by atoms with E-state index in [2.05, 4.69) is 33.9 Å². The van der Waals surface area contributed by atoms with Gasteiger partial charge in [0.1, 0.15) is 0 Å². The van der Waals surface area contributed by atoms with Crippen LogP contribution in [0.5, 0.6) is 5.75 Å². The molecule has 0 spiro atoms. The predicted octanol–water partition coefficient (Wildman–Crippen LogP) is 2.58. The van der Waals surface area contributed by atoms with E-state index in [1.54, 1.807) is 0 Å². The second-order valence-electron chi connectivity index (χ2n) is 6.56. The summed E-state index contributed by atoms with van der Waals surface area (Å²) in [6, 6.07) is 11.9. The number of aryl methyl sites for hydroxylation is 1. The lowest BCUT2D eigenvalue weighted by Crippen LogP contribution is -2.36. The summed E-state index contributed by atoms with van der Waals surface area (Å²) < 4.78 is 51.0. The number of morpholine rings is 1. The maximum Gasteiger partial charge on any atom is 0.240 e. The molecule has 1 saturated heterocycles. The van der Waals surface area contributed by atoms with Gasteiger partial charge in [0.05, 0.1) is 25.2 Å². The van der Waals surface area contributed by atoms with Gasteiger partial charge in [-0.25, -0.2) is 17.5 Å². The van der Waals surface area contributed by atoms with Crippen molar-refractivity contribution in [1.82, 2.24) is 4.72 Å². The largest absolute Gasteiger partial charge is 0.494 e. The molecule has 1 heterocycles. The number of sulfonamides is 1. The Morgan fingerprint density at radius 3 is 2.50 bits per heavy atom. The van der Waals surface area contributed by atoms with Crippen LogP contribution in [0, 0.1) is 5.82 Å². The molecule has 0 bridgehead atoms. The van der Waals surface area contributed by atoms with E-state index in [1.165, 1.54) is 24.9 Å². The van der Waals surface area contributed by atoms with E-state index in [9.17, 15) is 12.8 Å². The van der Waals surface area contributed by atoms with Gasteiger partial charge in [-0.15, -0.1) is 0 Å². The molecular formula is C20H25FN2O4S. The molecule has 0 unspecified atom stereocenters. The molecule has 0 saturated carbocycles. The van der Waals surface area contributed by atoms with Crippen LogP contribution in [0.1, 0.15) is 12.0 Å². The molecule has 0 aromatic heterocycles. The van der Waals surface area contributed by atoms with Crippen LogP contribution in [0.4, 0.5) is 10.1 Å². The number of hydrogen-bond acceptors (Lipinski definition) is 5. The molecule has 1 aliphatic heterocycles. The SMILES string of the molecule is COc1ccc(S(=O)(=O)NCCCc2ccc(N3CCOCC3)cc2)cc1F. The lowest BCUT2D eigenvalue weighted by atomic mass is 10.1. The highest BCUT2D eigenvalue weighted by Crippen LogP contribution is 2.21. The first-order chi connectivity index (χ1) is 13.5. The molecular weight excluding hydrogens is 383 g/mol. The first-order valence-corrected chi connectivity index (χ1v) is 10.7. The molecule has 152 valence electrons. The topological polar surface area (TPSA) is 67.9 Å². The maximum atomic E-state index is 13.7. The molecule has 1 aliphatic rings. The number of rotatable bonds is 8. The van der Waals surface area contributed by atoms with E-state index in [0.29, 0.717) is 6.42 Å². The van der Waals surface area contributed by atoms with Gasteiger partial charge in [0.15, 0.2) is 11.6 Å². The second kappa shape index (κ2) is 9.36. The highest BCUT2D eigenvalue weighted by molar-refractivity contribution is 7.89. The Morgan fingerprint density at radius 2 is 1.86 bits per heavy atom. The predicted molar refractivity (Wildman–Crippen MR) is 106 cm³/mol. The van der Waals surface area contributed by atoms with Gasteiger partial charge < -0.3 is 14.4 Å². The fourth-order valence-corrected chi connectivity index (χ4v) is 4.18. The van der Waals surface area contributed by atoms with Gasteiger partial charge in [0.2, 0.25) is 10.0 Å². The third-order valence-electron chi connectivity index (χ3n) is 4.68. The van der Waals surface area contributed by atoms with Gasteiger partial charge in [-0.3, -0.25) is 0 Å². The third-order valence-corrected chi connectivity index (χ3v) is 6.14. The van der Waals surface area contributed by atoms with Crippen molar-refractivity contribution in [3.8, 4) is 5.75 Å². The number of benzene rings is 2. The van der Waals surface area contributed by atoms with Crippen LogP contribution in [0.3, 0.4) is 0 Å². The molecule has 8 heteroatoms. The fraction of sp³-hybridized carbons (Fsp3) is 0.400. The Balaban J connectivity index is 1.49. The van der Waals surface area contributed by atoms with Crippen molar-refractivity contribution in [3.63, 3.8) is 0 Å². The highest BCUT2D eigenvalue weighted by atomic mass is 32.2. The number of methoxy groups -OCH3 is 1. The van der Waals surface area contributed by atoms with Crippen molar-refractivity contribution < 1.29 is 22.3 Å². The van der Waals surface area contributed by atoms with Crippen LogP contribution in [-0.4, -0.2) is 48.4 Å². The van der Waals surface area contributed by atoms with Crippen LogP contribution >= 0.6 is 0 Å². The van der Waals surface area contributed by atoms with E-state index < -0.39 is 15.8 Å². The van der Waals surface area contributed by atoms with E-state index >= 15 is 0 Å². The number of halogens is 1. The Morgan fingerprint density at radius 1 is 1.14 bits per heavy atom. The second-order valence-corrected chi connectivity index (χ2v) is 8.33. The monoisotopic (exact) mass is 408 g/mol. The molecule has 0 atom stereocenters. The molecule has 2 aromatic rings. The van der Waals surface area contributed by atoms with Crippen molar-refractivity contribution >= 4 is 15.7 Å². The Hall–Kier alpha value is -2.16. The van der Waals surface area contributed by atoms with Crippen molar-refractivity contribution in [3.05, 3.63) is 53.8 Å². The summed E-state index contributed by atoms with van der Waals surface area (Å²) in [5.74, 6) is -0.690. The fourth-order valence-electron chi connectivity index (χ4n) is 3.09. The molecule has 28 heavy (non-hydrogen) atoms. The minimum atomic E-state index is -3.75. The normalized spacial score (nSPS) is 14.9. The van der Waals surface area contributed by atoms with Crippen LogP contribution in [0.25, 0.3) is 0 Å². The number of ether oxygens (including phenoxy) is 2. The zero-order chi connectivity index (χ0) is 20.0. The lowest BCUT2D eigenvalue weighted by Gasteiger charge is -2.28. The summed E-state index contributed by atoms with van der Waals surface area (Å²) in [6.07, 6.45) is 1.40. The average molecular weight is 408 g/mol. The molecule has 0 amide bonds. The van der Waals surface area contributed by atoms with E-state index in [1.807, 2.05) is 0 Å². The van der Waals surface area contributed by atoms with E-state index in [-0.39, 0.29) is 17.2 Å². The van der Waals surface area contributed by atoms with Gasteiger partial charge in [-0.1, -0.05) is 12.1 Å². The van der Waals surface area contributed by atoms with Gasteiger partial charge >= 0.3 is 0 Å². The molecule has 3 rings (SSSR count). The average Bonchev–Trinajstić information content (AvgIpc) is 2.72. The Bertz CT molecular complexity index is 882. The molecule has 1 N–H and O–H groups in total. The van der Waals surface area contributed by atoms with Crippen LogP contribution in [0.15, 0.2) is 47.4 Å². The van der Waals surface area contributed by atoms with Crippen molar-refractivity contribution in [1.29, 1.82) is 0 Å². The maximum absolute atomic E-state index is 13.7.